The van der Waals surface area contributed by atoms with Gasteiger partial charge in [-0.15, -0.1) is 12.3 Å². The number of anilines is 1. The maximum atomic E-state index is 12.9. The second kappa shape index (κ2) is 33.0. The number of nitrogens with zero attached hydrogens (tertiary/aromatic N) is 4. The van der Waals surface area contributed by atoms with Gasteiger partial charge in [0.25, 0.3) is 5.91 Å². The fraction of sp³-hybridized carbons (Fsp3) is 0.471. The number of fused-ring (bicyclic) bond motifs is 1. The number of amides is 7. The van der Waals surface area contributed by atoms with E-state index in [1.54, 1.807) is 30.3 Å². The third-order valence-corrected chi connectivity index (χ3v) is 16.2. The Hall–Kier alpha value is -7.28. The monoisotopic (exact) mass is 1260 g/mol. The topological polar surface area (TPSA) is 486 Å². The Kier molecular flexibility index (Phi) is 26.7. The summed E-state index contributed by atoms with van der Waals surface area (Å²) in [6, 6.07) is 12.3. The van der Waals surface area contributed by atoms with Crippen LogP contribution in [0.2, 0.25) is 0 Å². The number of phosphoric acid groups is 2. The minimum absolute atomic E-state index is 0.0120. The number of aliphatic hydroxyl groups excluding tert-OH is 2. The number of benzene rings is 2. The molecule has 7 amide bonds. The standard InChI is InChI=1S/C51H68N12O20P2S/c1-4-10-34(62-47(71)32-16-14-31(15-17-32)40(67)30-11-6-5-7-12-30)48(72)56-22-19-37(65)61-33(45(53)70)13-8-9-20-54-38(66)26-86-24-23-55-36(64)18-21-57-49(73)43(69)51(2,3)27-80-85(77,78)83-84(75,76)79-25-35-42(82-74)41(68)50(81-35)63-29-60-39-44(52)58-28-59-46(39)63/h1,5-7,11-12,14-17,28-29,33-35,41-43,50,68-69,74H,8-10,13,18-27H2,2-3H3,(H2,53,70)(H,54,66)(H,55,64)(H,56,72)(H,57,73)(H,61,65)(H,62,71)(H,75,76)(H,77,78)(H2,52,58,59)/t33-,34+,35+,41+,42+,43-,50+/m0/s1. The molecule has 2 unspecified atom stereocenters. The largest absolute Gasteiger partial charge is 0.481 e. The van der Waals surface area contributed by atoms with E-state index in [2.05, 4.69) is 62.0 Å². The van der Waals surface area contributed by atoms with Crippen LogP contribution in [0.25, 0.3) is 11.2 Å². The Morgan fingerprint density at radius 3 is 2.13 bits per heavy atom. The number of nitrogens with two attached hydrogens (primary N) is 2. The number of rotatable bonds is 36. The van der Waals surface area contributed by atoms with Crippen LogP contribution in [-0.2, 0) is 60.9 Å². The molecule has 15 N–H and O–H groups in total. The summed E-state index contributed by atoms with van der Waals surface area (Å²) in [5.41, 5.74) is 11.0. The maximum absolute atomic E-state index is 12.9. The Morgan fingerprint density at radius 1 is 0.814 bits per heavy atom. The van der Waals surface area contributed by atoms with Gasteiger partial charge in [-0.3, -0.25) is 57.2 Å². The van der Waals surface area contributed by atoms with Crippen molar-refractivity contribution in [2.75, 3.05) is 56.6 Å². The second-order valence-corrected chi connectivity index (χ2v) is 23.9. The van der Waals surface area contributed by atoms with E-state index in [4.69, 9.17) is 31.7 Å². The molecule has 1 saturated heterocycles. The van der Waals surface area contributed by atoms with Crippen molar-refractivity contribution >= 4 is 91.5 Å². The van der Waals surface area contributed by atoms with Crippen molar-refractivity contribution in [2.45, 2.75) is 95.1 Å². The molecule has 86 heavy (non-hydrogen) atoms. The van der Waals surface area contributed by atoms with Crippen molar-refractivity contribution in [3.8, 4) is 12.3 Å². The predicted molar refractivity (Wildman–Crippen MR) is 304 cm³/mol. The van der Waals surface area contributed by atoms with Gasteiger partial charge in [0.05, 0.1) is 25.3 Å². The van der Waals surface area contributed by atoms with Gasteiger partial charge in [-0.2, -0.15) is 16.1 Å². The lowest BCUT2D eigenvalue weighted by Crippen LogP contribution is -2.48. The molecule has 2 aromatic carbocycles. The van der Waals surface area contributed by atoms with Gasteiger partial charge in [0.15, 0.2) is 29.6 Å². The second-order valence-electron chi connectivity index (χ2n) is 19.7. The molecule has 0 aliphatic carbocycles. The molecule has 1 aliphatic rings. The first-order chi connectivity index (χ1) is 40.8. The molecular weight excluding hydrogens is 1190 g/mol. The highest BCUT2D eigenvalue weighted by atomic mass is 32.2. The van der Waals surface area contributed by atoms with Crippen LogP contribution in [0, 0.1) is 17.8 Å². The molecule has 1 fully saturated rings. The predicted octanol–water partition coefficient (Wildman–Crippen LogP) is -0.666. The van der Waals surface area contributed by atoms with E-state index in [0.29, 0.717) is 29.7 Å². The van der Waals surface area contributed by atoms with Crippen LogP contribution in [-0.4, -0.2) is 179 Å². The molecule has 1 aliphatic heterocycles. The fourth-order valence-corrected chi connectivity index (χ4v) is 11.0. The van der Waals surface area contributed by atoms with Crippen LogP contribution in [0.1, 0.15) is 84.9 Å². The number of ether oxygens (including phenoxy) is 1. The molecule has 0 spiro atoms. The highest BCUT2D eigenvalue weighted by Gasteiger charge is 2.49. The van der Waals surface area contributed by atoms with Crippen LogP contribution in [0.5, 0.6) is 0 Å². The van der Waals surface area contributed by atoms with Gasteiger partial charge >= 0.3 is 15.6 Å². The summed E-state index contributed by atoms with van der Waals surface area (Å²) in [6.45, 7) is 0.670. The lowest BCUT2D eigenvalue weighted by Gasteiger charge is -2.30. The summed E-state index contributed by atoms with van der Waals surface area (Å²) >= 11 is 1.22. The lowest BCUT2D eigenvalue weighted by molar-refractivity contribution is -0.299. The molecule has 35 heteroatoms. The van der Waals surface area contributed by atoms with E-state index in [9.17, 15) is 72.7 Å². The number of imidazole rings is 1. The Morgan fingerprint density at radius 2 is 1.45 bits per heavy atom. The molecule has 0 radical (unpaired) electrons. The summed E-state index contributed by atoms with van der Waals surface area (Å²) < 4.78 is 46.2. The van der Waals surface area contributed by atoms with Crippen LogP contribution in [0.3, 0.4) is 0 Å². The van der Waals surface area contributed by atoms with Gasteiger partial charge in [0, 0.05) is 73.3 Å². The molecule has 5 rings (SSSR count). The van der Waals surface area contributed by atoms with E-state index in [0.717, 1.165) is 6.33 Å². The van der Waals surface area contributed by atoms with Crippen LogP contribution in [0.4, 0.5) is 5.82 Å². The molecule has 2 aromatic heterocycles. The number of thioether (sulfide) groups is 1. The third-order valence-electron chi connectivity index (χ3n) is 12.7. The number of carbonyl (C=O) groups excluding carboxylic acids is 8. The number of phosphoric ester groups is 2. The van der Waals surface area contributed by atoms with Gasteiger partial charge < -0.3 is 68.1 Å². The Labute approximate surface area is 496 Å². The molecule has 9 atom stereocenters. The number of terminal acetylenes is 1. The highest BCUT2D eigenvalue weighted by molar-refractivity contribution is 7.99. The number of primary amides is 1. The Bertz CT molecular complexity index is 3160. The highest BCUT2D eigenvalue weighted by Crippen LogP contribution is 2.61. The normalized spacial score (nSPS) is 18.2. The first kappa shape index (κ1) is 69.5. The van der Waals surface area contributed by atoms with Crippen LogP contribution >= 0.6 is 27.4 Å². The summed E-state index contributed by atoms with van der Waals surface area (Å²) in [6.07, 6.45) is 0.161. The summed E-state index contributed by atoms with van der Waals surface area (Å²) in [4.78, 5) is 137. The minimum Gasteiger partial charge on any atom is -0.385 e. The number of hydrogen-bond acceptors (Lipinski definition) is 23. The van der Waals surface area contributed by atoms with Crippen LogP contribution in [0.15, 0.2) is 67.3 Å². The van der Waals surface area contributed by atoms with Crippen LogP contribution < -0.4 is 43.4 Å². The SMILES string of the molecule is C#CC[C@@H](NC(=O)c1ccc(C(=O)c2ccccc2)cc1)C(=O)NCCC(=O)N[C@@H](CCCCNC(=O)CSCCNC(=O)CCNC(=O)[C@H](O)C(C)(C)COP(=O)(O)OP(=O)(O)OC[C@H]1O[C@@H](n2cnc3c(N)ncnc32)[C@H](O)[C@@H]1OO)C(N)=O. The van der Waals surface area contributed by atoms with E-state index >= 15 is 0 Å². The maximum Gasteiger partial charge on any atom is 0.481 e. The zero-order valence-corrected chi connectivity index (χ0v) is 49.1. The Balaban J connectivity index is 0.885. The van der Waals surface area contributed by atoms with Crippen molar-refractivity contribution < 1.29 is 95.7 Å². The van der Waals surface area contributed by atoms with E-state index in [-0.39, 0.29) is 91.9 Å². The number of nitrogens with one attached hydrogen (secondary N) is 6. The zero-order chi connectivity index (χ0) is 63.2. The molecular formula is C51H68N12O20P2S. The number of unbranched alkanes of at least 4 members (excludes halogenated alkanes) is 1. The number of hydrogen-bond donors (Lipinski definition) is 13. The van der Waals surface area contributed by atoms with Crippen molar-refractivity contribution in [1.29, 1.82) is 0 Å². The van der Waals surface area contributed by atoms with E-state index in [1.807, 2.05) is 0 Å². The first-order valence-electron chi connectivity index (χ1n) is 26.4. The number of carbonyl (C=O) groups is 8. The average molecular weight is 1260 g/mol. The van der Waals surface area contributed by atoms with Crippen molar-refractivity contribution in [1.82, 2.24) is 51.4 Å². The van der Waals surface area contributed by atoms with Gasteiger partial charge in [-0.1, -0.05) is 56.3 Å². The van der Waals surface area contributed by atoms with Gasteiger partial charge in [-0.05, 0) is 31.4 Å². The van der Waals surface area contributed by atoms with Gasteiger partial charge in [0.1, 0.15) is 42.2 Å². The summed E-state index contributed by atoms with van der Waals surface area (Å²) in [5.74, 6) is -1.90. The lowest BCUT2D eigenvalue weighted by atomic mass is 9.87. The molecule has 0 bridgehead atoms. The zero-order valence-electron chi connectivity index (χ0n) is 46.5. The molecule has 468 valence electrons. The van der Waals surface area contributed by atoms with E-state index < -0.39 is 112 Å². The summed E-state index contributed by atoms with van der Waals surface area (Å²) in [7, 11) is -10.9. The first-order valence-corrected chi connectivity index (χ1v) is 30.5. The number of aliphatic hydroxyl groups is 2. The number of ketones is 1. The average Bonchev–Trinajstić information content (AvgIpc) is 2.66. The molecule has 4 aromatic rings. The minimum atomic E-state index is -5.48. The fourth-order valence-electron chi connectivity index (χ4n) is 8.03. The van der Waals surface area contributed by atoms with Crippen molar-refractivity contribution in [2.24, 2.45) is 11.1 Å². The summed E-state index contributed by atoms with van der Waals surface area (Å²) in [5, 5.41) is 46.2. The quantitative estimate of drug-likeness (QED) is 0.00671. The van der Waals surface area contributed by atoms with Crippen molar-refractivity contribution in [3.63, 3.8) is 0 Å². The number of nitrogen functional groups attached to an aromatic ring is 1. The number of aromatic nitrogens is 4. The molecule has 3 heterocycles. The smallest absolute Gasteiger partial charge is 0.385 e. The van der Waals surface area contributed by atoms with Crippen molar-refractivity contribution in [3.05, 3.63) is 83.9 Å². The molecule has 32 nitrogen and oxygen atoms in total. The molecule has 0 saturated carbocycles. The third kappa shape index (κ3) is 21.3. The van der Waals surface area contributed by atoms with Gasteiger partial charge in [-0.25, -0.2) is 29.0 Å². The van der Waals surface area contributed by atoms with E-state index in [1.165, 1.54) is 60.8 Å². The van der Waals surface area contributed by atoms with Gasteiger partial charge in [0.2, 0.25) is 35.4 Å².